The van der Waals surface area contributed by atoms with Crippen molar-refractivity contribution in [1.29, 1.82) is 0 Å². The maximum atomic E-state index is 12.3. The van der Waals surface area contributed by atoms with Gasteiger partial charge in [0, 0.05) is 13.2 Å². The fourth-order valence-electron chi connectivity index (χ4n) is 2.48. The van der Waals surface area contributed by atoms with E-state index in [9.17, 15) is 18.3 Å². The molecule has 25 heavy (non-hydrogen) atoms. The van der Waals surface area contributed by atoms with Crippen molar-refractivity contribution in [3.05, 3.63) is 52.2 Å². The topological polar surface area (TPSA) is 92.7 Å². The van der Waals surface area contributed by atoms with Crippen LogP contribution in [0.5, 0.6) is 0 Å². The summed E-state index contributed by atoms with van der Waals surface area (Å²) in [7, 11) is -2.38. The van der Waals surface area contributed by atoms with Gasteiger partial charge in [-0.15, -0.1) is 0 Å². The third-order valence-corrected chi connectivity index (χ3v) is 6.04. The Balaban J connectivity index is 1.97. The van der Waals surface area contributed by atoms with Crippen molar-refractivity contribution < 1.29 is 23.1 Å². The molecule has 0 radical (unpaired) electrons. The Morgan fingerprint density at radius 1 is 1.24 bits per heavy atom. The first-order valence-electron chi connectivity index (χ1n) is 7.79. The Morgan fingerprint density at radius 3 is 2.52 bits per heavy atom. The molecule has 0 amide bonds. The van der Waals surface area contributed by atoms with E-state index >= 15 is 0 Å². The Morgan fingerprint density at radius 2 is 1.96 bits per heavy atom. The number of hydrogen-bond donors (Lipinski definition) is 2. The second-order valence-corrected chi connectivity index (χ2v) is 8.02. The molecule has 2 aromatic rings. The van der Waals surface area contributed by atoms with Crippen molar-refractivity contribution in [3.8, 4) is 0 Å². The van der Waals surface area contributed by atoms with Crippen LogP contribution in [-0.4, -0.2) is 39.8 Å². The number of benzene rings is 1. The molecule has 8 heteroatoms. The molecule has 2 rings (SSSR count). The van der Waals surface area contributed by atoms with Gasteiger partial charge in [-0.25, -0.2) is 17.9 Å². The van der Waals surface area contributed by atoms with E-state index in [2.05, 4.69) is 9.46 Å². The van der Waals surface area contributed by atoms with E-state index < -0.39 is 16.0 Å². The van der Waals surface area contributed by atoms with Crippen molar-refractivity contribution in [2.24, 2.45) is 0 Å². The molecular formula is C17H21NO5S2. The van der Waals surface area contributed by atoms with Gasteiger partial charge in [0.25, 0.3) is 0 Å². The molecule has 0 aliphatic heterocycles. The number of rotatable bonds is 9. The van der Waals surface area contributed by atoms with Gasteiger partial charge in [0.2, 0.25) is 10.0 Å². The summed E-state index contributed by atoms with van der Waals surface area (Å²) in [4.78, 5) is 11.5. The van der Waals surface area contributed by atoms with Crippen molar-refractivity contribution in [3.63, 3.8) is 0 Å². The van der Waals surface area contributed by atoms with Crippen molar-refractivity contribution in [1.82, 2.24) is 4.72 Å². The first kappa shape index (κ1) is 19.6. The van der Waals surface area contributed by atoms with Gasteiger partial charge in [0.15, 0.2) is 0 Å². The highest BCUT2D eigenvalue weighted by molar-refractivity contribution is 7.89. The summed E-state index contributed by atoms with van der Waals surface area (Å²) < 4.78 is 31.8. The maximum absolute atomic E-state index is 12.3. The van der Waals surface area contributed by atoms with Crippen LogP contribution in [-0.2, 0) is 14.8 Å². The molecule has 2 N–H and O–H groups in total. The Kier molecular flexibility index (Phi) is 7.12. The van der Waals surface area contributed by atoms with Crippen LogP contribution in [0.2, 0.25) is 0 Å². The number of aliphatic hydroxyl groups excluding tert-OH is 1. The molecule has 1 aromatic heterocycles. The zero-order chi connectivity index (χ0) is 18.3. The van der Waals surface area contributed by atoms with Gasteiger partial charge in [-0.05, 0) is 65.4 Å². The summed E-state index contributed by atoms with van der Waals surface area (Å²) in [5.74, 6) is -0.403. The largest absolute Gasteiger partial charge is 0.465 e. The van der Waals surface area contributed by atoms with Crippen molar-refractivity contribution in [2.75, 3.05) is 20.3 Å². The fraction of sp³-hybridized carbons (Fsp3) is 0.353. The molecule has 0 aliphatic carbocycles. The van der Waals surface area contributed by atoms with E-state index in [-0.39, 0.29) is 24.0 Å². The molecule has 0 fully saturated rings. The average molecular weight is 383 g/mol. The normalized spacial score (nSPS) is 12.7. The zero-order valence-corrected chi connectivity index (χ0v) is 15.5. The van der Waals surface area contributed by atoms with E-state index in [1.54, 1.807) is 11.3 Å². The lowest BCUT2D eigenvalue weighted by Gasteiger charge is -2.15. The minimum atomic E-state index is -3.65. The van der Waals surface area contributed by atoms with E-state index in [0.29, 0.717) is 18.4 Å². The monoisotopic (exact) mass is 383 g/mol. The standard InChI is InChI=1S/C17H21NO5S2/c1-23-17(20)14-2-4-16(5-3-14)25(21,22)18-9-6-13(7-10-19)15-8-11-24-12-15/h2-5,8,11-13,18-19H,6-7,9-10H2,1H3/t13-/m1/s1. The smallest absolute Gasteiger partial charge is 0.337 e. The van der Waals surface area contributed by atoms with E-state index in [0.717, 1.165) is 5.56 Å². The zero-order valence-electron chi connectivity index (χ0n) is 13.8. The quantitative estimate of drug-likeness (QED) is 0.649. The minimum absolute atomic E-state index is 0.0578. The summed E-state index contributed by atoms with van der Waals surface area (Å²) in [6.07, 6.45) is 1.18. The summed E-state index contributed by atoms with van der Waals surface area (Å²) in [5, 5.41) is 13.2. The van der Waals surface area contributed by atoms with Gasteiger partial charge in [-0.3, -0.25) is 0 Å². The molecule has 0 spiro atoms. The van der Waals surface area contributed by atoms with Crippen LogP contribution in [0.25, 0.3) is 0 Å². The number of esters is 1. The fourth-order valence-corrected chi connectivity index (χ4v) is 4.27. The molecule has 1 heterocycles. The second kappa shape index (κ2) is 9.10. The van der Waals surface area contributed by atoms with Crippen molar-refractivity contribution >= 4 is 27.3 Å². The number of carbonyl (C=O) groups is 1. The highest BCUT2D eigenvalue weighted by Gasteiger charge is 2.17. The molecule has 136 valence electrons. The van der Waals surface area contributed by atoms with Gasteiger partial charge < -0.3 is 9.84 Å². The number of hydrogen-bond acceptors (Lipinski definition) is 6. The van der Waals surface area contributed by atoms with Crippen LogP contribution in [0.4, 0.5) is 0 Å². The van der Waals surface area contributed by atoms with Gasteiger partial charge in [-0.2, -0.15) is 11.3 Å². The molecule has 1 atom stereocenters. The molecule has 0 unspecified atom stereocenters. The third kappa shape index (κ3) is 5.37. The van der Waals surface area contributed by atoms with Crippen LogP contribution in [0.15, 0.2) is 46.0 Å². The Bertz CT molecular complexity index is 770. The number of sulfonamides is 1. The summed E-state index contributed by atoms with van der Waals surface area (Å²) >= 11 is 1.58. The summed E-state index contributed by atoms with van der Waals surface area (Å²) in [6.45, 7) is 0.323. The minimum Gasteiger partial charge on any atom is -0.465 e. The predicted molar refractivity (Wildman–Crippen MR) is 96.3 cm³/mol. The van der Waals surface area contributed by atoms with Gasteiger partial charge >= 0.3 is 5.97 Å². The highest BCUT2D eigenvalue weighted by atomic mass is 32.2. The van der Waals surface area contributed by atoms with Crippen LogP contribution in [0, 0.1) is 0 Å². The number of carbonyl (C=O) groups excluding carboxylic acids is 1. The predicted octanol–water partition coefficient (Wildman–Crippen LogP) is 2.37. The van der Waals surface area contributed by atoms with Gasteiger partial charge in [-0.1, -0.05) is 0 Å². The van der Waals surface area contributed by atoms with E-state index in [1.807, 2.05) is 16.8 Å². The number of thiophene rings is 1. The summed E-state index contributed by atoms with van der Waals surface area (Å²) in [6, 6.07) is 7.57. The molecule has 0 saturated carbocycles. The van der Waals surface area contributed by atoms with Crippen LogP contribution < -0.4 is 4.72 Å². The maximum Gasteiger partial charge on any atom is 0.337 e. The molecular weight excluding hydrogens is 362 g/mol. The molecule has 1 aromatic carbocycles. The van der Waals surface area contributed by atoms with Crippen LogP contribution >= 0.6 is 11.3 Å². The van der Waals surface area contributed by atoms with E-state index in [4.69, 9.17) is 0 Å². The molecule has 0 bridgehead atoms. The molecule has 0 saturated heterocycles. The van der Waals surface area contributed by atoms with E-state index in [1.165, 1.54) is 31.4 Å². The molecule has 0 aliphatic rings. The Labute approximate surface area is 151 Å². The number of methoxy groups -OCH3 is 1. The van der Waals surface area contributed by atoms with Crippen LogP contribution in [0.1, 0.15) is 34.7 Å². The van der Waals surface area contributed by atoms with Gasteiger partial charge in [0.1, 0.15) is 0 Å². The highest BCUT2D eigenvalue weighted by Crippen LogP contribution is 2.25. The summed E-state index contributed by atoms with van der Waals surface area (Å²) in [5.41, 5.74) is 1.41. The van der Waals surface area contributed by atoms with Crippen molar-refractivity contribution in [2.45, 2.75) is 23.7 Å². The third-order valence-electron chi connectivity index (χ3n) is 3.86. The number of ether oxygens (including phenoxy) is 1. The number of nitrogens with one attached hydrogen (secondary N) is 1. The Hall–Kier alpha value is -1.74. The molecule has 6 nitrogen and oxygen atoms in total. The second-order valence-electron chi connectivity index (χ2n) is 5.47. The van der Waals surface area contributed by atoms with Gasteiger partial charge in [0.05, 0.1) is 17.6 Å². The first-order valence-corrected chi connectivity index (χ1v) is 10.2. The lowest BCUT2D eigenvalue weighted by atomic mass is 9.95. The lowest BCUT2D eigenvalue weighted by molar-refractivity contribution is 0.0600. The first-order chi connectivity index (χ1) is 12.0. The van der Waals surface area contributed by atoms with Crippen LogP contribution in [0.3, 0.4) is 0 Å². The lowest BCUT2D eigenvalue weighted by Crippen LogP contribution is -2.26. The SMILES string of the molecule is COC(=O)c1ccc(S(=O)(=O)NCC[C@H](CCO)c2ccsc2)cc1. The number of aliphatic hydroxyl groups is 1. The average Bonchev–Trinajstić information content (AvgIpc) is 3.15.